The van der Waals surface area contributed by atoms with Crippen LogP contribution in [0.5, 0.6) is 5.75 Å². The van der Waals surface area contributed by atoms with Crippen LogP contribution in [0.25, 0.3) is 0 Å². The first-order chi connectivity index (χ1) is 9.24. The Morgan fingerprint density at radius 2 is 2.37 bits per heavy atom. The molecule has 1 aromatic heterocycles. The lowest BCUT2D eigenvalue weighted by Gasteiger charge is -2.10. The number of aliphatic hydroxyl groups is 1. The minimum atomic E-state index is -0.373. The predicted octanol–water partition coefficient (Wildman–Crippen LogP) is 0.948. The molecule has 0 spiro atoms. The highest BCUT2D eigenvalue weighted by Crippen LogP contribution is 2.23. The van der Waals surface area contributed by atoms with Crippen molar-refractivity contribution in [2.45, 2.75) is 13.5 Å². The minimum absolute atomic E-state index is 0.164. The molecule has 2 rings (SSSR count). The molecular weight excluding hydrogens is 248 g/mol. The Kier molecular flexibility index (Phi) is 4.09. The first kappa shape index (κ1) is 13.0. The lowest BCUT2D eigenvalue weighted by Crippen LogP contribution is -2.12. The summed E-state index contributed by atoms with van der Waals surface area (Å²) in [5.41, 5.74) is 1.36. The van der Waals surface area contributed by atoms with Gasteiger partial charge < -0.3 is 15.2 Å². The molecule has 19 heavy (non-hydrogen) atoms. The summed E-state index contributed by atoms with van der Waals surface area (Å²) in [7, 11) is 0. The van der Waals surface area contributed by atoms with Crippen molar-refractivity contribution in [3.8, 4) is 5.75 Å². The zero-order valence-electron chi connectivity index (χ0n) is 10.4. The number of rotatable bonds is 5. The maximum atomic E-state index is 11.8. The minimum Gasteiger partial charge on any atom is -0.494 e. The molecule has 0 atom stereocenters. The Bertz CT molecular complexity index is 554. The summed E-state index contributed by atoms with van der Waals surface area (Å²) in [4.78, 5) is 11.8. The van der Waals surface area contributed by atoms with E-state index >= 15 is 0 Å². The fraction of sp³-hybridized carbons (Fsp3) is 0.250. The Balaban J connectivity index is 2.15. The third kappa shape index (κ3) is 3.08. The van der Waals surface area contributed by atoms with Crippen LogP contribution >= 0.6 is 0 Å². The van der Waals surface area contributed by atoms with Crippen molar-refractivity contribution in [2.75, 3.05) is 11.9 Å². The monoisotopic (exact) mass is 262 g/mol. The van der Waals surface area contributed by atoms with Gasteiger partial charge in [0.1, 0.15) is 5.75 Å². The summed E-state index contributed by atoms with van der Waals surface area (Å²) in [6.07, 6.45) is 1.33. The Labute approximate surface area is 109 Å². The van der Waals surface area contributed by atoms with Crippen molar-refractivity contribution in [2.24, 2.45) is 0 Å². The average Bonchev–Trinajstić information content (AvgIpc) is 2.94. The Morgan fingerprint density at radius 3 is 3.00 bits per heavy atom. The smallest absolute Gasteiger partial charge is 0.277 e. The number of aromatic nitrogens is 3. The Morgan fingerprint density at radius 1 is 1.53 bits per heavy atom. The standard InChI is InChI=1S/C12H14N4O3/c1-2-19-11-4-3-9(5-8(11)7-17)14-12(18)10-6-13-16-15-10/h3-6,17H,2,7H2,1H3,(H,14,18)(H,13,15,16). The SMILES string of the molecule is CCOc1ccc(NC(=O)c2cn[nH]n2)cc1CO. The molecule has 0 radical (unpaired) electrons. The van der Waals surface area contributed by atoms with Crippen LogP contribution in [0, 0.1) is 0 Å². The molecule has 7 heteroatoms. The van der Waals surface area contributed by atoms with Crippen molar-refractivity contribution in [3.63, 3.8) is 0 Å². The number of hydrogen-bond donors (Lipinski definition) is 3. The quantitative estimate of drug-likeness (QED) is 0.744. The predicted molar refractivity (Wildman–Crippen MR) is 67.9 cm³/mol. The van der Waals surface area contributed by atoms with E-state index in [1.807, 2.05) is 6.92 Å². The first-order valence-electron chi connectivity index (χ1n) is 5.78. The summed E-state index contributed by atoms with van der Waals surface area (Å²) in [6.45, 7) is 2.21. The van der Waals surface area contributed by atoms with Crippen LogP contribution in [0.4, 0.5) is 5.69 Å². The fourth-order valence-corrected chi connectivity index (χ4v) is 1.58. The summed E-state index contributed by atoms with van der Waals surface area (Å²) in [5.74, 6) is 0.228. The largest absolute Gasteiger partial charge is 0.494 e. The zero-order chi connectivity index (χ0) is 13.7. The maximum absolute atomic E-state index is 11.8. The molecule has 100 valence electrons. The van der Waals surface area contributed by atoms with E-state index in [0.29, 0.717) is 23.6 Å². The second-order valence-corrected chi connectivity index (χ2v) is 3.72. The molecule has 1 amide bonds. The van der Waals surface area contributed by atoms with E-state index in [2.05, 4.69) is 20.7 Å². The molecular formula is C12H14N4O3. The number of ether oxygens (including phenoxy) is 1. The molecule has 7 nitrogen and oxygen atoms in total. The first-order valence-corrected chi connectivity index (χ1v) is 5.78. The van der Waals surface area contributed by atoms with Gasteiger partial charge in [-0.3, -0.25) is 4.79 Å². The van der Waals surface area contributed by atoms with Crippen LogP contribution in [0.2, 0.25) is 0 Å². The van der Waals surface area contributed by atoms with Gasteiger partial charge in [-0.15, -0.1) is 0 Å². The molecule has 1 heterocycles. The number of benzene rings is 1. The molecule has 0 saturated heterocycles. The summed E-state index contributed by atoms with van der Waals surface area (Å²) < 4.78 is 5.36. The van der Waals surface area contributed by atoms with E-state index in [-0.39, 0.29) is 18.2 Å². The highest BCUT2D eigenvalue weighted by molar-refractivity contribution is 6.02. The third-order valence-corrected chi connectivity index (χ3v) is 2.44. The van der Waals surface area contributed by atoms with Crippen molar-refractivity contribution >= 4 is 11.6 Å². The molecule has 0 aliphatic rings. The number of amides is 1. The summed E-state index contributed by atoms with van der Waals surface area (Å²) in [6, 6.07) is 5.05. The zero-order valence-corrected chi connectivity index (χ0v) is 10.4. The van der Waals surface area contributed by atoms with Gasteiger partial charge in [0.15, 0.2) is 5.69 Å². The second kappa shape index (κ2) is 5.96. The molecule has 0 aliphatic heterocycles. The van der Waals surface area contributed by atoms with E-state index in [1.165, 1.54) is 6.20 Å². The van der Waals surface area contributed by atoms with Crippen LogP contribution in [-0.4, -0.2) is 33.0 Å². The highest BCUT2D eigenvalue weighted by atomic mass is 16.5. The van der Waals surface area contributed by atoms with Crippen LogP contribution in [-0.2, 0) is 6.61 Å². The Hall–Kier alpha value is -2.41. The maximum Gasteiger partial charge on any atom is 0.277 e. The number of carbonyl (C=O) groups is 1. The van der Waals surface area contributed by atoms with Gasteiger partial charge in [0, 0.05) is 11.3 Å². The number of nitrogens with one attached hydrogen (secondary N) is 2. The van der Waals surface area contributed by atoms with Crippen LogP contribution < -0.4 is 10.1 Å². The number of anilines is 1. The van der Waals surface area contributed by atoms with E-state index in [9.17, 15) is 9.90 Å². The highest BCUT2D eigenvalue weighted by Gasteiger charge is 2.10. The number of aromatic amines is 1. The van der Waals surface area contributed by atoms with Crippen molar-refractivity contribution in [1.82, 2.24) is 15.4 Å². The molecule has 0 unspecified atom stereocenters. The van der Waals surface area contributed by atoms with E-state index < -0.39 is 0 Å². The van der Waals surface area contributed by atoms with Gasteiger partial charge in [-0.25, -0.2) is 0 Å². The van der Waals surface area contributed by atoms with Gasteiger partial charge in [0.05, 0.1) is 19.4 Å². The lowest BCUT2D eigenvalue weighted by molar-refractivity contribution is 0.102. The van der Waals surface area contributed by atoms with Gasteiger partial charge >= 0.3 is 0 Å². The summed E-state index contributed by atoms with van der Waals surface area (Å²) >= 11 is 0. The number of aliphatic hydroxyl groups excluding tert-OH is 1. The number of nitrogens with zero attached hydrogens (tertiary/aromatic N) is 2. The van der Waals surface area contributed by atoms with E-state index in [1.54, 1.807) is 18.2 Å². The molecule has 3 N–H and O–H groups in total. The number of hydrogen-bond acceptors (Lipinski definition) is 5. The van der Waals surface area contributed by atoms with Crippen LogP contribution in [0.3, 0.4) is 0 Å². The third-order valence-electron chi connectivity index (χ3n) is 2.44. The van der Waals surface area contributed by atoms with Crippen LogP contribution in [0.1, 0.15) is 23.0 Å². The van der Waals surface area contributed by atoms with E-state index in [0.717, 1.165) is 0 Å². The average molecular weight is 262 g/mol. The molecule has 0 aliphatic carbocycles. The lowest BCUT2D eigenvalue weighted by atomic mass is 10.2. The topological polar surface area (TPSA) is 100 Å². The number of H-pyrrole nitrogens is 1. The van der Waals surface area contributed by atoms with Gasteiger partial charge in [-0.2, -0.15) is 15.4 Å². The summed E-state index contributed by atoms with van der Waals surface area (Å²) in [5, 5.41) is 21.5. The normalized spacial score (nSPS) is 10.2. The van der Waals surface area contributed by atoms with Crippen molar-refractivity contribution < 1.29 is 14.6 Å². The molecule has 0 fully saturated rings. The van der Waals surface area contributed by atoms with E-state index in [4.69, 9.17) is 4.74 Å². The van der Waals surface area contributed by atoms with Crippen molar-refractivity contribution in [1.29, 1.82) is 0 Å². The molecule has 0 bridgehead atoms. The van der Waals surface area contributed by atoms with Gasteiger partial charge in [-0.1, -0.05) is 0 Å². The van der Waals surface area contributed by atoms with Gasteiger partial charge in [0.25, 0.3) is 5.91 Å². The van der Waals surface area contributed by atoms with Gasteiger partial charge in [0.2, 0.25) is 0 Å². The van der Waals surface area contributed by atoms with Crippen LogP contribution in [0.15, 0.2) is 24.4 Å². The fourth-order valence-electron chi connectivity index (χ4n) is 1.58. The van der Waals surface area contributed by atoms with Gasteiger partial charge in [-0.05, 0) is 25.1 Å². The molecule has 0 saturated carbocycles. The van der Waals surface area contributed by atoms with Crippen molar-refractivity contribution in [3.05, 3.63) is 35.7 Å². The molecule has 1 aromatic carbocycles. The number of carbonyl (C=O) groups excluding carboxylic acids is 1. The second-order valence-electron chi connectivity index (χ2n) is 3.72. The molecule has 2 aromatic rings.